The summed E-state index contributed by atoms with van der Waals surface area (Å²) in [6.07, 6.45) is 4.19. The molecular weight excluding hydrogens is 188 g/mol. The number of hydrogen-bond donors (Lipinski definition) is 2. The van der Waals surface area contributed by atoms with E-state index in [1.165, 1.54) is 19.3 Å². The number of rotatable bonds is 1. The van der Waals surface area contributed by atoms with Gasteiger partial charge in [0.2, 0.25) is 5.96 Å². The Kier molecular flexibility index (Phi) is 3.14. The monoisotopic (exact) mass is 210 g/mol. The van der Waals surface area contributed by atoms with Gasteiger partial charge in [-0.25, -0.2) is 10.8 Å². The molecule has 0 amide bonds. The lowest BCUT2D eigenvalue weighted by Gasteiger charge is -2.21. The SMILES string of the molecule is CC(C)N=C(NN)N1CC2CCCC2C1. The van der Waals surface area contributed by atoms with Crippen molar-refractivity contribution in [1.29, 1.82) is 0 Å². The lowest BCUT2D eigenvalue weighted by Crippen LogP contribution is -2.44. The molecule has 0 aromatic carbocycles. The largest absolute Gasteiger partial charge is 0.341 e. The molecule has 1 aliphatic heterocycles. The number of nitrogens with one attached hydrogen (secondary N) is 1. The van der Waals surface area contributed by atoms with Crippen molar-refractivity contribution in [2.24, 2.45) is 22.7 Å². The number of likely N-dealkylation sites (tertiary alicyclic amines) is 1. The molecule has 86 valence electrons. The van der Waals surface area contributed by atoms with Crippen LogP contribution in [0.5, 0.6) is 0 Å². The van der Waals surface area contributed by atoms with Gasteiger partial charge in [0.15, 0.2) is 0 Å². The zero-order chi connectivity index (χ0) is 10.8. The molecule has 2 unspecified atom stereocenters. The summed E-state index contributed by atoms with van der Waals surface area (Å²) in [5, 5.41) is 0. The van der Waals surface area contributed by atoms with Crippen LogP contribution in [0.15, 0.2) is 4.99 Å². The Balaban J connectivity index is 1.99. The van der Waals surface area contributed by atoms with E-state index in [2.05, 4.69) is 29.2 Å². The Morgan fingerprint density at radius 1 is 1.33 bits per heavy atom. The molecular formula is C11H22N4. The van der Waals surface area contributed by atoms with Crippen molar-refractivity contribution in [2.45, 2.75) is 39.2 Å². The second kappa shape index (κ2) is 4.39. The van der Waals surface area contributed by atoms with Crippen molar-refractivity contribution < 1.29 is 0 Å². The summed E-state index contributed by atoms with van der Waals surface area (Å²) in [6, 6.07) is 0.302. The van der Waals surface area contributed by atoms with E-state index in [1.54, 1.807) is 0 Å². The number of hydrazine groups is 1. The molecule has 0 radical (unpaired) electrons. The third kappa shape index (κ3) is 2.25. The van der Waals surface area contributed by atoms with Crippen LogP contribution in [0.2, 0.25) is 0 Å². The van der Waals surface area contributed by atoms with Crippen molar-refractivity contribution in [3.8, 4) is 0 Å². The van der Waals surface area contributed by atoms with E-state index in [0.717, 1.165) is 30.9 Å². The number of guanidine groups is 1. The predicted molar refractivity (Wildman–Crippen MR) is 62.3 cm³/mol. The molecule has 4 heteroatoms. The molecule has 1 saturated carbocycles. The molecule has 0 aromatic heterocycles. The highest BCUT2D eigenvalue weighted by molar-refractivity contribution is 5.79. The van der Waals surface area contributed by atoms with Crippen LogP contribution < -0.4 is 11.3 Å². The van der Waals surface area contributed by atoms with Crippen LogP contribution >= 0.6 is 0 Å². The molecule has 0 spiro atoms. The first-order valence-electron chi connectivity index (χ1n) is 6.00. The van der Waals surface area contributed by atoms with E-state index < -0.39 is 0 Å². The fourth-order valence-corrected chi connectivity index (χ4v) is 2.86. The van der Waals surface area contributed by atoms with Crippen LogP contribution in [0.1, 0.15) is 33.1 Å². The topological polar surface area (TPSA) is 53.6 Å². The van der Waals surface area contributed by atoms with Gasteiger partial charge in [0.25, 0.3) is 0 Å². The molecule has 4 nitrogen and oxygen atoms in total. The molecule has 2 atom stereocenters. The van der Waals surface area contributed by atoms with Crippen LogP contribution in [0.25, 0.3) is 0 Å². The Hall–Kier alpha value is -0.770. The maximum atomic E-state index is 5.53. The highest BCUT2D eigenvalue weighted by atomic mass is 15.4. The fourth-order valence-electron chi connectivity index (χ4n) is 2.86. The van der Waals surface area contributed by atoms with Crippen LogP contribution in [0, 0.1) is 11.8 Å². The van der Waals surface area contributed by atoms with Crippen LogP contribution in [-0.4, -0.2) is 30.0 Å². The van der Waals surface area contributed by atoms with Gasteiger partial charge < -0.3 is 4.90 Å². The first kappa shape index (κ1) is 10.7. The maximum Gasteiger partial charge on any atom is 0.208 e. The first-order chi connectivity index (χ1) is 7.20. The Morgan fingerprint density at radius 2 is 1.93 bits per heavy atom. The lowest BCUT2D eigenvalue weighted by molar-refractivity contribution is 0.444. The first-order valence-corrected chi connectivity index (χ1v) is 6.00. The third-order valence-corrected chi connectivity index (χ3v) is 3.54. The Labute approximate surface area is 91.9 Å². The van der Waals surface area contributed by atoms with Gasteiger partial charge in [0.1, 0.15) is 0 Å². The van der Waals surface area contributed by atoms with Gasteiger partial charge in [-0.05, 0) is 38.5 Å². The number of fused-ring (bicyclic) bond motifs is 1. The molecule has 1 saturated heterocycles. The molecule has 1 heterocycles. The lowest BCUT2D eigenvalue weighted by atomic mass is 10.0. The van der Waals surface area contributed by atoms with Gasteiger partial charge >= 0.3 is 0 Å². The standard InChI is InChI=1S/C11H22N4/c1-8(2)13-11(14-12)15-6-9-4-3-5-10(9)7-15/h8-10H,3-7,12H2,1-2H3,(H,13,14). The van der Waals surface area contributed by atoms with Crippen LogP contribution in [-0.2, 0) is 0 Å². The van der Waals surface area contributed by atoms with E-state index in [0.29, 0.717) is 6.04 Å². The highest BCUT2D eigenvalue weighted by Gasteiger charge is 2.37. The van der Waals surface area contributed by atoms with Crippen molar-refractivity contribution >= 4 is 5.96 Å². The average Bonchev–Trinajstić information content (AvgIpc) is 2.72. The summed E-state index contributed by atoms with van der Waals surface area (Å²) in [4.78, 5) is 6.83. The number of nitrogens with two attached hydrogens (primary N) is 1. The summed E-state index contributed by atoms with van der Waals surface area (Å²) in [6.45, 7) is 6.43. The molecule has 1 aliphatic carbocycles. The molecule has 2 aliphatic rings. The second-order valence-electron chi connectivity index (χ2n) is 5.05. The summed E-state index contributed by atoms with van der Waals surface area (Å²) in [5.41, 5.74) is 2.74. The minimum absolute atomic E-state index is 0.302. The smallest absolute Gasteiger partial charge is 0.208 e. The van der Waals surface area contributed by atoms with E-state index in [1.807, 2.05) is 0 Å². The summed E-state index contributed by atoms with van der Waals surface area (Å²) < 4.78 is 0. The predicted octanol–water partition coefficient (Wildman–Crippen LogP) is 0.946. The number of aliphatic imine (C=N–C) groups is 1. The number of hydrogen-bond acceptors (Lipinski definition) is 2. The van der Waals surface area contributed by atoms with Gasteiger partial charge in [0, 0.05) is 19.1 Å². The molecule has 2 rings (SSSR count). The van der Waals surface area contributed by atoms with Gasteiger partial charge in [-0.3, -0.25) is 5.43 Å². The van der Waals surface area contributed by atoms with Gasteiger partial charge in [0.05, 0.1) is 0 Å². The molecule has 15 heavy (non-hydrogen) atoms. The van der Waals surface area contributed by atoms with Crippen LogP contribution in [0.3, 0.4) is 0 Å². The van der Waals surface area contributed by atoms with E-state index in [4.69, 9.17) is 5.84 Å². The minimum atomic E-state index is 0.302. The average molecular weight is 210 g/mol. The van der Waals surface area contributed by atoms with Crippen molar-refractivity contribution in [3.05, 3.63) is 0 Å². The fraction of sp³-hybridized carbons (Fsp3) is 0.909. The molecule has 3 N–H and O–H groups in total. The Bertz CT molecular complexity index is 237. The van der Waals surface area contributed by atoms with Crippen LogP contribution in [0.4, 0.5) is 0 Å². The third-order valence-electron chi connectivity index (χ3n) is 3.54. The van der Waals surface area contributed by atoms with Crippen molar-refractivity contribution in [2.75, 3.05) is 13.1 Å². The van der Waals surface area contributed by atoms with Gasteiger partial charge in [-0.15, -0.1) is 0 Å². The van der Waals surface area contributed by atoms with Gasteiger partial charge in [-0.1, -0.05) is 6.42 Å². The van der Waals surface area contributed by atoms with Crippen molar-refractivity contribution in [3.63, 3.8) is 0 Å². The highest BCUT2D eigenvalue weighted by Crippen LogP contribution is 2.37. The van der Waals surface area contributed by atoms with Gasteiger partial charge in [-0.2, -0.15) is 0 Å². The zero-order valence-electron chi connectivity index (χ0n) is 9.74. The second-order valence-corrected chi connectivity index (χ2v) is 5.05. The summed E-state index contributed by atoms with van der Waals surface area (Å²) in [7, 11) is 0. The minimum Gasteiger partial charge on any atom is -0.341 e. The number of nitrogens with zero attached hydrogens (tertiary/aromatic N) is 2. The van der Waals surface area contributed by atoms with E-state index >= 15 is 0 Å². The summed E-state index contributed by atoms with van der Waals surface area (Å²) >= 11 is 0. The summed E-state index contributed by atoms with van der Waals surface area (Å²) in [5.74, 6) is 8.17. The zero-order valence-corrected chi connectivity index (χ0v) is 9.74. The molecule has 0 bridgehead atoms. The van der Waals surface area contributed by atoms with E-state index in [9.17, 15) is 0 Å². The normalized spacial score (nSPS) is 31.2. The molecule has 2 fully saturated rings. The van der Waals surface area contributed by atoms with Crippen molar-refractivity contribution in [1.82, 2.24) is 10.3 Å². The molecule has 0 aromatic rings. The Morgan fingerprint density at radius 3 is 2.40 bits per heavy atom. The maximum absolute atomic E-state index is 5.53. The quantitative estimate of drug-likeness (QED) is 0.293. The van der Waals surface area contributed by atoms with E-state index in [-0.39, 0.29) is 0 Å².